The van der Waals surface area contributed by atoms with Gasteiger partial charge >= 0.3 is 0 Å². The maximum atomic E-state index is 5.22. The second-order valence-corrected chi connectivity index (χ2v) is 3.85. The van der Waals surface area contributed by atoms with Crippen molar-refractivity contribution in [1.82, 2.24) is 15.5 Å². The van der Waals surface area contributed by atoms with E-state index in [2.05, 4.69) is 34.5 Å². The van der Waals surface area contributed by atoms with Crippen LogP contribution in [0.2, 0.25) is 0 Å². The molecule has 0 unspecified atom stereocenters. The summed E-state index contributed by atoms with van der Waals surface area (Å²) >= 11 is 0. The Morgan fingerprint density at radius 3 is 2.59 bits per heavy atom. The standard InChI is InChI=1S/C13H17N3O/c1-3-10-5-7-11(8-6-10)13-15-12(16-17-13)9-14-4-2/h5-8,14H,3-4,9H2,1-2H3. The predicted molar refractivity (Wildman–Crippen MR) is 66.5 cm³/mol. The van der Waals surface area contributed by atoms with E-state index < -0.39 is 0 Å². The summed E-state index contributed by atoms with van der Waals surface area (Å²) in [6.07, 6.45) is 1.04. The number of nitrogens with one attached hydrogen (secondary N) is 1. The Morgan fingerprint density at radius 2 is 1.94 bits per heavy atom. The van der Waals surface area contributed by atoms with Crippen LogP contribution in [0.25, 0.3) is 11.5 Å². The van der Waals surface area contributed by atoms with Gasteiger partial charge < -0.3 is 9.84 Å². The molecule has 1 heterocycles. The van der Waals surface area contributed by atoms with Gasteiger partial charge in [0.25, 0.3) is 5.89 Å². The van der Waals surface area contributed by atoms with Crippen molar-refractivity contribution in [3.05, 3.63) is 35.7 Å². The van der Waals surface area contributed by atoms with E-state index in [1.54, 1.807) is 0 Å². The fraction of sp³-hybridized carbons (Fsp3) is 0.385. The molecule has 1 aromatic heterocycles. The van der Waals surface area contributed by atoms with Gasteiger partial charge in [-0.15, -0.1) is 0 Å². The monoisotopic (exact) mass is 231 g/mol. The first-order valence-corrected chi connectivity index (χ1v) is 5.96. The molecule has 0 bridgehead atoms. The SMILES string of the molecule is CCNCc1noc(-c2ccc(CC)cc2)n1. The maximum Gasteiger partial charge on any atom is 0.257 e. The predicted octanol–water partition coefficient (Wildman–Crippen LogP) is 2.41. The molecule has 0 aliphatic heterocycles. The minimum atomic E-state index is 0.584. The van der Waals surface area contributed by atoms with E-state index in [-0.39, 0.29) is 0 Å². The number of aromatic nitrogens is 2. The molecule has 0 aliphatic carbocycles. The lowest BCUT2D eigenvalue weighted by Gasteiger charge is -1.97. The first-order valence-electron chi connectivity index (χ1n) is 5.96. The van der Waals surface area contributed by atoms with Gasteiger partial charge in [0.15, 0.2) is 5.82 Å². The molecule has 0 fully saturated rings. The summed E-state index contributed by atoms with van der Waals surface area (Å²) in [6, 6.07) is 8.21. The summed E-state index contributed by atoms with van der Waals surface area (Å²) in [6.45, 7) is 5.73. The third-order valence-electron chi connectivity index (χ3n) is 2.61. The van der Waals surface area contributed by atoms with E-state index in [0.29, 0.717) is 18.3 Å². The van der Waals surface area contributed by atoms with Gasteiger partial charge in [-0.2, -0.15) is 4.98 Å². The fourth-order valence-corrected chi connectivity index (χ4v) is 1.56. The highest BCUT2D eigenvalue weighted by Crippen LogP contribution is 2.17. The third kappa shape index (κ3) is 2.91. The lowest BCUT2D eigenvalue weighted by atomic mass is 10.1. The largest absolute Gasteiger partial charge is 0.334 e. The summed E-state index contributed by atoms with van der Waals surface area (Å²) in [4.78, 5) is 4.33. The zero-order chi connectivity index (χ0) is 12.1. The van der Waals surface area contributed by atoms with Crippen LogP contribution in [0.5, 0.6) is 0 Å². The van der Waals surface area contributed by atoms with E-state index in [1.165, 1.54) is 5.56 Å². The summed E-state index contributed by atoms with van der Waals surface area (Å²) in [5.74, 6) is 1.28. The molecule has 0 saturated heterocycles. The summed E-state index contributed by atoms with van der Waals surface area (Å²) in [7, 11) is 0. The van der Waals surface area contributed by atoms with Crippen LogP contribution < -0.4 is 5.32 Å². The van der Waals surface area contributed by atoms with E-state index in [0.717, 1.165) is 18.5 Å². The molecular formula is C13H17N3O. The normalized spacial score (nSPS) is 10.7. The molecule has 1 aromatic carbocycles. The molecule has 0 atom stereocenters. The molecule has 2 rings (SSSR count). The van der Waals surface area contributed by atoms with Crippen LogP contribution in [0, 0.1) is 0 Å². The van der Waals surface area contributed by atoms with Gasteiger partial charge in [0, 0.05) is 5.56 Å². The molecule has 2 aromatic rings. The van der Waals surface area contributed by atoms with Crippen molar-refractivity contribution in [1.29, 1.82) is 0 Å². The van der Waals surface area contributed by atoms with Crippen LogP contribution in [0.1, 0.15) is 25.2 Å². The topological polar surface area (TPSA) is 51.0 Å². The zero-order valence-electron chi connectivity index (χ0n) is 10.2. The molecular weight excluding hydrogens is 214 g/mol. The van der Waals surface area contributed by atoms with Crippen LogP contribution in [0.3, 0.4) is 0 Å². The minimum absolute atomic E-state index is 0.584. The summed E-state index contributed by atoms with van der Waals surface area (Å²) in [5, 5.41) is 7.09. The van der Waals surface area contributed by atoms with Crippen LogP contribution in [0.4, 0.5) is 0 Å². The molecule has 0 aliphatic rings. The lowest BCUT2D eigenvalue weighted by Crippen LogP contribution is -2.12. The maximum absolute atomic E-state index is 5.22. The first-order chi connectivity index (χ1) is 8.33. The molecule has 0 saturated carbocycles. The van der Waals surface area contributed by atoms with E-state index in [1.807, 2.05) is 19.1 Å². The Morgan fingerprint density at radius 1 is 1.18 bits per heavy atom. The van der Waals surface area contributed by atoms with Gasteiger partial charge in [-0.1, -0.05) is 31.1 Å². The number of benzene rings is 1. The Balaban J connectivity index is 2.12. The Kier molecular flexibility index (Phi) is 3.88. The summed E-state index contributed by atoms with van der Waals surface area (Å²) in [5.41, 5.74) is 2.28. The van der Waals surface area contributed by atoms with Crippen molar-refractivity contribution < 1.29 is 4.52 Å². The zero-order valence-corrected chi connectivity index (χ0v) is 10.2. The number of hydrogen-bond donors (Lipinski definition) is 1. The lowest BCUT2D eigenvalue weighted by molar-refractivity contribution is 0.420. The smallest absolute Gasteiger partial charge is 0.257 e. The molecule has 17 heavy (non-hydrogen) atoms. The highest BCUT2D eigenvalue weighted by molar-refractivity contribution is 5.53. The van der Waals surface area contributed by atoms with Crippen molar-refractivity contribution in [3.8, 4) is 11.5 Å². The van der Waals surface area contributed by atoms with Crippen LogP contribution >= 0.6 is 0 Å². The molecule has 0 radical (unpaired) electrons. The average molecular weight is 231 g/mol. The van der Waals surface area contributed by atoms with E-state index in [9.17, 15) is 0 Å². The average Bonchev–Trinajstić information content (AvgIpc) is 2.85. The highest BCUT2D eigenvalue weighted by Gasteiger charge is 2.07. The molecule has 0 spiro atoms. The Labute approximate surface area is 101 Å². The molecule has 4 nitrogen and oxygen atoms in total. The van der Waals surface area contributed by atoms with E-state index >= 15 is 0 Å². The second-order valence-electron chi connectivity index (χ2n) is 3.85. The minimum Gasteiger partial charge on any atom is -0.334 e. The van der Waals surface area contributed by atoms with Crippen molar-refractivity contribution in [2.75, 3.05) is 6.54 Å². The van der Waals surface area contributed by atoms with Crippen molar-refractivity contribution in [2.45, 2.75) is 26.8 Å². The molecule has 1 N–H and O–H groups in total. The molecule has 90 valence electrons. The number of hydrogen-bond acceptors (Lipinski definition) is 4. The van der Waals surface area contributed by atoms with Crippen LogP contribution in [0.15, 0.2) is 28.8 Å². The number of nitrogens with zero attached hydrogens (tertiary/aromatic N) is 2. The highest BCUT2D eigenvalue weighted by atomic mass is 16.5. The van der Waals surface area contributed by atoms with Gasteiger partial charge in [0.2, 0.25) is 0 Å². The molecule has 0 amide bonds. The van der Waals surface area contributed by atoms with Gasteiger partial charge in [-0.05, 0) is 30.7 Å². The summed E-state index contributed by atoms with van der Waals surface area (Å²) < 4.78 is 5.22. The Hall–Kier alpha value is -1.68. The van der Waals surface area contributed by atoms with Crippen molar-refractivity contribution >= 4 is 0 Å². The number of rotatable bonds is 5. The Bertz CT molecular complexity index is 462. The second kappa shape index (κ2) is 5.59. The first kappa shape index (κ1) is 11.8. The molecule has 4 heteroatoms. The van der Waals surface area contributed by atoms with Gasteiger partial charge in [0.1, 0.15) is 0 Å². The van der Waals surface area contributed by atoms with Crippen LogP contribution in [-0.2, 0) is 13.0 Å². The number of aryl methyl sites for hydroxylation is 1. The van der Waals surface area contributed by atoms with Crippen LogP contribution in [-0.4, -0.2) is 16.7 Å². The van der Waals surface area contributed by atoms with Crippen molar-refractivity contribution in [2.24, 2.45) is 0 Å². The quantitative estimate of drug-likeness (QED) is 0.858. The third-order valence-corrected chi connectivity index (χ3v) is 2.61. The fourth-order valence-electron chi connectivity index (χ4n) is 1.56. The van der Waals surface area contributed by atoms with Crippen molar-refractivity contribution in [3.63, 3.8) is 0 Å². The van der Waals surface area contributed by atoms with Gasteiger partial charge in [-0.25, -0.2) is 0 Å². The van der Waals surface area contributed by atoms with E-state index in [4.69, 9.17) is 4.52 Å². The van der Waals surface area contributed by atoms with Gasteiger partial charge in [-0.3, -0.25) is 0 Å². The van der Waals surface area contributed by atoms with Gasteiger partial charge in [0.05, 0.1) is 6.54 Å².